The lowest BCUT2D eigenvalue weighted by Crippen LogP contribution is -2.48. The number of para-hydroxylation sites is 1. The summed E-state index contributed by atoms with van der Waals surface area (Å²) in [4.78, 5) is 4.66. The number of aliphatic hydroxyl groups excluding tert-OH is 1. The predicted octanol–water partition coefficient (Wildman–Crippen LogP) is 2.27. The molecule has 0 aromatic heterocycles. The van der Waals surface area contributed by atoms with E-state index in [1.807, 2.05) is 42.5 Å². The van der Waals surface area contributed by atoms with Crippen molar-refractivity contribution >= 4 is 0 Å². The van der Waals surface area contributed by atoms with Crippen molar-refractivity contribution in [3.63, 3.8) is 0 Å². The first kappa shape index (κ1) is 22.2. The standard InChI is InChI=1S/C23H32N2O5/c1-27-21-10-9-18(22(28-2)23(21)29-3)15-24-11-13-25(14-12-24)16-19(26)17-30-20-7-5-4-6-8-20/h4-10,19,26H,11-17H2,1-3H3. The van der Waals surface area contributed by atoms with Gasteiger partial charge in [0.15, 0.2) is 11.5 Å². The van der Waals surface area contributed by atoms with Crippen LogP contribution in [0.5, 0.6) is 23.0 Å². The number of hydrogen-bond donors (Lipinski definition) is 1. The predicted molar refractivity (Wildman–Crippen MR) is 116 cm³/mol. The van der Waals surface area contributed by atoms with Crippen molar-refractivity contribution in [2.45, 2.75) is 12.6 Å². The molecule has 3 rings (SSSR count). The molecule has 0 amide bonds. The Morgan fingerprint density at radius 3 is 2.13 bits per heavy atom. The van der Waals surface area contributed by atoms with E-state index in [9.17, 15) is 5.11 Å². The number of β-amino-alcohol motifs (C(OH)–C–C–N with tert-alkyl or cyclic N) is 1. The highest BCUT2D eigenvalue weighted by Crippen LogP contribution is 2.40. The van der Waals surface area contributed by atoms with E-state index in [1.54, 1.807) is 21.3 Å². The van der Waals surface area contributed by atoms with Crippen molar-refractivity contribution in [2.24, 2.45) is 0 Å². The molecule has 164 valence electrons. The van der Waals surface area contributed by atoms with Crippen LogP contribution in [0, 0.1) is 0 Å². The zero-order valence-electron chi connectivity index (χ0n) is 18.0. The molecule has 1 atom stereocenters. The van der Waals surface area contributed by atoms with Crippen LogP contribution in [0.15, 0.2) is 42.5 Å². The molecular weight excluding hydrogens is 384 g/mol. The van der Waals surface area contributed by atoms with E-state index in [0.717, 1.165) is 44.0 Å². The molecule has 0 aliphatic carbocycles. The van der Waals surface area contributed by atoms with Crippen molar-refractivity contribution in [3.8, 4) is 23.0 Å². The largest absolute Gasteiger partial charge is 0.493 e. The second-order valence-electron chi connectivity index (χ2n) is 7.35. The van der Waals surface area contributed by atoms with Gasteiger partial charge in [0.1, 0.15) is 18.5 Å². The molecule has 2 aromatic carbocycles. The van der Waals surface area contributed by atoms with Gasteiger partial charge < -0.3 is 24.1 Å². The molecule has 2 aromatic rings. The maximum absolute atomic E-state index is 10.3. The lowest BCUT2D eigenvalue weighted by Gasteiger charge is -2.35. The van der Waals surface area contributed by atoms with E-state index in [-0.39, 0.29) is 0 Å². The summed E-state index contributed by atoms with van der Waals surface area (Å²) in [6.07, 6.45) is -0.511. The van der Waals surface area contributed by atoms with Gasteiger partial charge in [-0.2, -0.15) is 0 Å². The normalized spacial score (nSPS) is 16.1. The summed E-state index contributed by atoms with van der Waals surface area (Å²) < 4.78 is 22.1. The van der Waals surface area contributed by atoms with E-state index in [2.05, 4.69) is 9.80 Å². The fourth-order valence-electron chi connectivity index (χ4n) is 3.72. The molecule has 0 bridgehead atoms. The molecule has 1 N–H and O–H groups in total. The average molecular weight is 417 g/mol. The van der Waals surface area contributed by atoms with Crippen LogP contribution in [0.3, 0.4) is 0 Å². The lowest BCUT2D eigenvalue weighted by molar-refractivity contribution is 0.0445. The van der Waals surface area contributed by atoms with Crippen LogP contribution < -0.4 is 18.9 Å². The van der Waals surface area contributed by atoms with Gasteiger partial charge in [-0.1, -0.05) is 24.3 Å². The Kier molecular flexibility index (Phi) is 8.19. The lowest BCUT2D eigenvalue weighted by atomic mass is 10.1. The Bertz CT molecular complexity index is 779. The van der Waals surface area contributed by atoms with Gasteiger partial charge in [0.2, 0.25) is 5.75 Å². The Morgan fingerprint density at radius 1 is 0.833 bits per heavy atom. The highest BCUT2D eigenvalue weighted by molar-refractivity contribution is 5.55. The molecule has 0 radical (unpaired) electrons. The van der Waals surface area contributed by atoms with Crippen LogP contribution in [0.1, 0.15) is 5.56 Å². The molecule has 30 heavy (non-hydrogen) atoms. The van der Waals surface area contributed by atoms with E-state index >= 15 is 0 Å². The molecule has 1 saturated heterocycles. The summed E-state index contributed by atoms with van der Waals surface area (Å²) in [7, 11) is 4.89. The molecule has 1 aliphatic heterocycles. The van der Waals surface area contributed by atoms with Gasteiger partial charge in [-0.25, -0.2) is 0 Å². The van der Waals surface area contributed by atoms with Gasteiger partial charge in [0.05, 0.1) is 21.3 Å². The maximum Gasteiger partial charge on any atom is 0.203 e. The SMILES string of the molecule is COc1ccc(CN2CCN(CC(O)COc3ccccc3)CC2)c(OC)c1OC. The summed E-state index contributed by atoms with van der Waals surface area (Å²) in [6.45, 7) is 5.33. The Balaban J connectivity index is 1.47. The average Bonchev–Trinajstić information content (AvgIpc) is 2.79. The van der Waals surface area contributed by atoms with Crippen LogP contribution >= 0.6 is 0 Å². The topological polar surface area (TPSA) is 63.6 Å². The fourth-order valence-corrected chi connectivity index (χ4v) is 3.72. The molecule has 1 fully saturated rings. The monoisotopic (exact) mass is 416 g/mol. The van der Waals surface area contributed by atoms with Crippen LogP contribution in [-0.4, -0.2) is 81.7 Å². The molecular formula is C23H32N2O5. The smallest absolute Gasteiger partial charge is 0.203 e. The third-order valence-corrected chi connectivity index (χ3v) is 5.30. The third-order valence-electron chi connectivity index (χ3n) is 5.30. The maximum atomic E-state index is 10.3. The molecule has 1 aliphatic rings. The second-order valence-corrected chi connectivity index (χ2v) is 7.35. The number of nitrogens with zero attached hydrogens (tertiary/aromatic N) is 2. The van der Waals surface area contributed by atoms with Gasteiger partial charge in [-0.05, 0) is 18.2 Å². The number of piperazine rings is 1. The number of aliphatic hydroxyl groups is 1. The number of hydrogen-bond acceptors (Lipinski definition) is 7. The molecule has 1 unspecified atom stereocenters. The summed E-state index contributed by atoms with van der Waals surface area (Å²) in [5.41, 5.74) is 1.07. The first-order chi connectivity index (χ1) is 14.6. The van der Waals surface area contributed by atoms with Crippen LogP contribution in [-0.2, 0) is 6.54 Å². The van der Waals surface area contributed by atoms with Gasteiger partial charge in [-0.3, -0.25) is 9.80 Å². The van der Waals surface area contributed by atoms with E-state index in [1.165, 1.54) is 0 Å². The van der Waals surface area contributed by atoms with Crippen molar-refractivity contribution in [3.05, 3.63) is 48.0 Å². The Hall–Kier alpha value is -2.48. The Labute approximate surface area is 178 Å². The van der Waals surface area contributed by atoms with Crippen molar-refractivity contribution in [1.29, 1.82) is 0 Å². The summed E-state index contributed by atoms with van der Waals surface area (Å²) >= 11 is 0. The number of methoxy groups -OCH3 is 3. The molecule has 7 heteroatoms. The number of ether oxygens (including phenoxy) is 4. The van der Waals surface area contributed by atoms with Gasteiger partial charge in [-0.15, -0.1) is 0 Å². The van der Waals surface area contributed by atoms with Crippen LogP contribution in [0.2, 0.25) is 0 Å². The van der Waals surface area contributed by atoms with E-state index in [0.29, 0.717) is 30.4 Å². The van der Waals surface area contributed by atoms with E-state index < -0.39 is 6.10 Å². The van der Waals surface area contributed by atoms with E-state index in [4.69, 9.17) is 18.9 Å². The summed E-state index contributed by atoms with van der Waals surface area (Å²) in [5.74, 6) is 2.78. The first-order valence-electron chi connectivity index (χ1n) is 10.2. The molecule has 1 heterocycles. The van der Waals surface area contributed by atoms with Crippen LogP contribution in [0.25, 0.3) is 0 Å². The molecule has 0 spiro atoms. The number of benzene rings is 2. The highest BCUT2D eigenvalue weighted by atomic mass is 16.5. The zero-order chi connectivity index (χ0) is 21.3. The van der Waals surface area contributed by atoms with Crippen LogP contribution in [0.4, 0.5) is 0 Å². The van der Waals surface area contributed by atoms with Crippen molar-refractivity contribution in [1.82, 2.24) is 9.80 Å². The summed E-state index contributed by atoms with van der Waals surface area (Å²) in [5, 5.41) is 10.3. The zero-order valence-corrected chi connectivity index (χ0v) is 18.0. The minimum absolute atomic E-state index is 0.299. The quantitative estimate of drug-likeness (QED) is 0.637. The molecule has 7 nitrogen and oxygen atoms in total. The van der Waals surface area contributed by atoms with Gasteiger partial charge >= 0.3 is 0 Å². The van der Waals surface area contributed by atoms with Crippen molar-refractivity contribution < 1.29 is 24.1 Å². The Morgan fingerprint density at radius 2 is 1.50 bits per heavy atom. The second kappa shape index (κ2) is 11.1. The minimum atomic E-state index is -0.511. The van der Waals surface area contributed by atoms with Gasteiger partial charge in [0, 0.05) is 44.8 Å². The molecule has 0 saturated carbocycles. The highest BCUT2D eigenvalue weighted by Gasteiger charge is 2.22. The summed E-state index contributed by atoms with van der Waals surface area (Å²) in [6, 6.07) is 13.5. The first-order valence-corrected chi connectivity index (χ1v) is 10.2. The van der Waals surface area contributed by atoms with Crippen molar-refractivity contribution in [2.75, 3.05) is 60.7 Å². The van der Waals surface area contributed by atoms with Gasteiger partial charge in [0.25, 0.3) is 0 Å². The minimum Gasteiger partial charge on any atom is -0.493 e. The number of rotatable bonds is 10. The third kappa shape index (κ3) is 5.78. The fraction of sp³-hybridized carbons (Fsp3) is 0.478.